The van der Waals surface area contributed by atoms with E-state index in [0.717, 1.165) is 11.3 Å². The van der Waals surface area contributed by atoms with Gasteiger partial charge in [0.1, 0.15) is 17.3 Å². The molecule has 5 nitrogen and oxygen atoms in total. The predicted octanol–water partition coefficient (Wildman–Crippen LogP) is 1.38. The molecule has 0 radical (unpaired) electrons. The van der Waals surface area contributed by atoms with Crippen LogP contribution in [0.1, 0.15) is 12.0 Å². The molecule has 2 unspecified atom stereocenters. The number of amides is 2. The third kappa shape index (κ3) is 2.77. The van der Waals surface area contributed by atoms with Crippen molar-refractivity contribution < 1.29 is 14.3 Å². The zero-order valence-corrected chi connectivity index (χ0v) is 13.7. The molecule has 118 valence electrons. The zero-order valence-electron chi connectivity index (χ0n) is 12.1. The number of ether oxygens (including phenoxy) is 1. The summed E-state index contributed by atoms with van der Waals surface area (Å²) >= 11 is 7.63. The Labute approximate surface area is 138 Å². The van der Waals surface area contributed by atoms with E-state index in [2.05, 4.69) is 10.6 Å². The van der Waals surface area contributed by atoms with Crippen LogP contribution >= 0.6 is 23.4 Å². The number of hydrogen-bond acceptors (Lipinski definition) is 4. The Balaban J connectivity index is 1.77. The maximum atomic E-state index is 12.4. The Bertz CT molecular complexity index is 617. The minimum atomic E-state index is -0.720. The van der Waals surface area contributed by atoms with Crippen LogP contribution < -0.4 is 15.4 Å². The average Bonchev–Trinajstić information content (AvgIpc) is 2.96. The van der Waals surface area contributed by atoms with Crippen molar-refractivity contribution in [2.75, 3.05) is 18.6 Å². The van der Waals surface area contributed by atoms with Crippen LogP contribution in [0.15, 0.2) is 18.2 Å². The van der Waals surface area contributed by atoms with Crippen molar-refractivity contribution in [2.45, 2.75) is 24.4 Å². The molecule has 2 aliphatic heterocycles. The maximum Gasteiger partial charge on any atom is 0.247 e. The van der Waals surface area contributed by atoms with E-state index in [1.165, 1.54) is 0 Å². The van der Waals surface area contributed by atoms with Crippen molar-refractivity contribution in [3.05, 3.63) is 28.8 Å². The lowest BCUT2D eigenvalue weighted by Crippen LogP contribution is -2.70. The van der Waals surface area contributed by atoms with E-state index in [9.17, 15) is 9.59 Å². The number of halogens is 1. The second-order valence-corrected chi connectivity index (χ2v) is 7.10. The first-order valence-corrected chi connectivity index (χ1v) is 8.60. The van der Waals surface area contributed by atoms with Crippen LogP contribution in [-0.4, -0.2) is 42.0 Å². The van der Waals surface area contributed by atoms with Gasteiger partial charge < -0.3 is 15.4 Å². The molecule has 3 rings (SSSR count). The SMILES string of the molecule is COc1cc(Cl)ccc1CC1NC(=O)C2(CCSC2)NC1=O. The number of methoxy groups -OCH3 is 1. The molecule has 1 aromatic rings. The van der Waals surface area contributed by atoms with Crippen molar-refractivity contribution in [3.8, 4) is 5.75 Å². The van der Waals surface area contributed by atoms with Gasteiger partial charge in [-0.2, -0.15) is 11.8 Å². The average molecular weight is 341 g/mol. The van der Waals surface area contributed by atoms with E-state index in [-0.39, 0.29) is 11.8 Å². The fourth-order valence-corrected chi connectivity index (χ4v) is 4.33. The topological polar surface area (TPSA) is 67.4 Å². The van der Waals surface area contributed by atoms with Gasteiger partial charge >= 0.3 is 0 Å². The number of nitrogens with one attached hydrogen (secondary N) is 2. The van der Waals surface area contributed by atoms with Crippen LogP contribution in [0.5, 0.6) is 5.75 Å². The number of hydrogen-bond donors (Lipinski definition) is 2. The molecule has 2 fully saturated rings. The largest absolute Gasteiger partial charge is 0.496 e. The van der Waals surface area contributed by atoms with E-state index in [0.29, 0.717) is 29.4 Å². The molecule has 2 amide bonds. The predicted molar refractivity (Wildman–Crippen MR) is 86.5 cm³/mol. The zero-order chi connectivity index (χ0) is 15.7. The van der Waals surface area contributed by atoms with E-state index in [1.54, 1.807) is 31.0 Å². The summed E-state index contributed by atoms with van der Waals surface area (Å²) in [6.45, 7) is 0. The highest BCUT2D eigenvalue weighted by atomic mass is 35.5. The Hall–Kier alpha value is -1.40. The molecule has 1 aromatic carbocycles. The van der Waals surface area contributed by atoms with Crippen LogP contribution in [0.3, 0.4) is 0 Å². The van der Waals surface area contributed by atoms with Gasteiger partial charge in [0.05, 0.1) is 7.11 Å². The summed E-state index contributed by atoms with van der Waals surface area (Å²) < 4.78 is 5.29. The lowest BCUT2D eigenvalue weighted by Gasteiger charge is -2.36. The quantitative estimate of drug-likeness (QED) is 0.872. The first-order valence-electron chi connectivity index (χ1n) is 7.07. The molecule has 2 aliphatic rings. The summed E-state index contributed by atoms with van der Waals surface area (Å²) in [7, 11) is 1.55. The number of piperazine rings is 1. The number of thioether (sulfide) groups is 1. The van der Waals surface area contributed by atoms with Crippen LogP contribution in [-0.2, 0) is 16.0 Å². The van der Waals surface area contributed by atoms with Gasteiger partial charge in [-0.3, -0.25) is 9.59 Å². The van der Waals surface area contributed by atoms with Gasteiger partial charge in [-0.05, 0) is 29.9 Å². The molecule has 7 heteroatoms. The molecular formula is C15H17ClN2O3S. The van der Waals surface area contributed by atoms with Gasteiger partial charge in [0.25, 0.3) is 0 Å². The third-order valence-corrected chi connectivity index (χ3v) is 5.54. The number of carbonyl (C=O) groups excluding carboxylic acids is 2. The second kappa shape index (κ2) is 6.01. The van der Waals surface area contributed by atoms with Gasteiger partial charge in [0.2, 0.25) is 11.8 Å². The standard InChI is InChI=1S/C15H17ClN2O3S/c1-21-12-7-10(16)3-2-9(12)6-11-13(19)18-15(14(20)17-11)4-5-22-8-15/h2-3,7,11H,4-6,8H2,1H3,(H,17,20)(H,18,19). The van der Waals surface area contributed by atoms with E-state index in [4.69, 9.17) is 16.3 Å². The highest BCUT2D eigenvalue weighted by molar-refractivity contribution is 7.99. The Morgan fingerprint density at radius 1 is 1.45 bits per heavy atom. The molecule has 2 atom stereocenters. The fraction of sp³-hybridized carbons (Fsp3) is 0.467. The molecule has 0 aromatic heterocycles. The van der Waals surface area contributed by atoms with Crippen LogP contribution in [0.2, 0.25) is 5.02 Å². The van der Waals surface area contributed by atoms with Gasteiger partial charge in [0.15, 0.2) is 0 Å². The fourth-order valence-electron chi connectivity index (χ4n) is 2.83. The molecular weight excluding hydrogens is 324 g/mol. The molecule has 1 spiro atoms. The third-order valence-electron chi connectivity index (χ3n) is 4.11. The summed E-state index contributed by atoms with van der Waals surface area (Å²) in [5, 5.41) is 6.35. The molecule has 2 N–H and O–H groups in total. The van der Waals surface area contributed by atoms with E-state index < -0.39 is 11.6 Å². The minimum Gasteiger partial charge on any atom is -0.496 e. The van der Waals surface area contributed by atoms with Crippen LogP contribution in [0.4, 0.5) is 0 Å². The lowest BCUT2D eigenvalue weighted by molar-refractivity contribution is -0.140. The maximum absolute atomic E-state index is 12.4. The van der Waals surface area contributed by atoms with Gasteiger partial charge in [0, 0.05) is 17.2 Å². The molecule has 2 heterocycles. The van der Waals surface area contributed by atoms with Gasteiger partial charge in [-0.1, -0.05) is 17.7 Å². The molecule has 22 heavy (non-hydrogen) atoms. The Morgan fingerprint density at radius 3 is 2.95 bits per heavy atom. The highest BCUT2D eigenvalue weighted by Gasteiger charge is 2.48. The molecule has 0 bridgehead atoms. The summed E-state index contributed by atoms with van der Waals surface area (Å²) in [6.07, 6.45) is 1.06. The molecule has 2 saturated heterocycles. The van der Waals surface area contributed by atoms with Crippen LogP contribution in [0, 0.1) is 0 Å². The monoisotopic (exact) mass is 340 g/mol. The first kappa shape index (κ1) is 15.5. The first-order chi connectivity index (χ1) is 10.5. The number of benzene rings is 1. The minimum absolute atomic E-state index is 0.0879. The van der Waals surface area contributed by atoms with Crippen molar-refractivity contribution in [3.63, 3.8) is 0 Å². The van der Waals surface area contributed by atoms with Crippen molar-refractivity contribution in [2.24, 2.45) is 0 Å². The van der Waals surface area contributed by atoms with Crippen molar-refractivity contribution in [1.82, 2.24) is 10.6 Å². The summed E-state index contributed by atoms with van der Waals surface area (Å²) in [4.78, 5) is 24.8. The molecule has 0 aliphatic carbocycles. The number of carbonyl (C=O) groups is 2. The summed E-state index contributed by atoms with van der Waals surface area (Å²) in [5.41, 5.74) is 0.117. The Morgan fingerprint density at radius 2 is 2.27 bits per heavy atom. The van der Waals surface area contributed by atoms with Crippen molar-refractivity contribution >= 4 is 35.2 Å². The van der Waals surface area contributed by atoms with Gasteiger partial charge in [-0.15, -0.1) is 0 Å². The highest BCUT2D eigenvalue weighted by Crippen LogP contribution is 2.31. The second-order valence-electron chi connectivity index (χ2n) is 5.56. The summed E-state index contributed by atoms with van der Waals surface area (Å²) in [6, 6.07) is 4.68. The number of rotatable bonds is 3. The Kier molecular flexibility index (Phi) is 4.23. The molecule has 0 saturated carbocycles. The van der Waals surface area contributed by atoms with E-state index in [1.807, 2.05) is 6.07 Å². The van der Waals surface area contributed by atoms with Crippen LogP contribution in [0.25, 0.3) is 0 Å². The van der Waals surface area contributed by atoms with Gasteiger partial charge in [-0.25, -0.2) is 0 Å². The smallest absolute Gasteiger partial charge is 0.247 e. The lowest BCUT2D eigenvalue weighted by atomic mass is 9.91. The van der Waals surface area contributed by atoms with Crippen molar-refractivity contribution in [1.29, 1.82) is 0 Å². The normalized spacial score (nSPS) is 27.6. The van der Waals surface area contributed by atoms with E-state index >= 15 is 0 Å². The summed E-state index contributed by atoms with van der Waals surface area (Å²) in [5.74, 6) is 1.92.